The van der Waals surface area contributed by atoms with Crippen molar-refractivity contribution in [3.8, 4) is 5.75 Å². The van der Waals surface area contributed by atoms with Crippen molar-refractivity contribution in [3.05, 3.63) is 47.4 Å². The molecule has 4 amide bonds. The molecule has 0 spiro atoms. The molecule has 4 fully saturated rings. The lowest BCUT2D eigenvalue weighted by molar-refractivity contribution is -0.142. The van der Waals surface area contributed by atoms with Crippen LogP contribution in [0.4, 0.5) is 9.18 Å². The molecule has 1 aromatic carbocycles. The number of carbonyl (C=O) groups excluding carboxylic acids is 4. The van der Waals surface area contributed by atoms with Gasteiger partial charge in [0, 0.05) is 35.8 Å². The maximum atomic E-state index is 15.2. The monoisotopic (exact) mass is 809 g/mol. The Hall–Kier alpha value is -4.27. The Bertz CT molecular complexity index is 2080. The summed E-state index contributed by atoms with van der Waals surface area (Å²) in [7, 11) is -4.01. The summed E-state index contributed by atoms with van der Waals surface area (Å²) in [5.74, 6) is -2.32. The van der Waals surface area contributed by atoms with Gasteiger partial charge in [0.25, 0.3) is 5.91 Å². The van der Waals surface area contributed by atoms with Gasteiger partial charge >= 0.3 is 6.09 Å². The lowest BCUT2D eigenvalue weighted by Crippen LogP contribution is -2.59. The molecule has 4 unspecified atom stereocenters. The summed E-state index contributed by atoms with van der Waals surface area (Å²) in [6.07, 6.45) is 10.2. The van der Waals surface area contributed by atoms with E-state index in [2.05, 4.69) is 22.3 Å². The van der Waals surface area contributed by atoms with Crippen LogP contribution in [0.1, 0.15) is 122 Å². The third kappa shape index (κ3) is 8.78. The van der Waals surface area contributed by atoms with E-state index in [4.69, 9.17) is 14.5 Å². The Balaban J connectivity index is 1.20. The average molecular weight is 810 g/mol. The molecule has 7 rings (SSSR count). The lowest BCUT2D eigenvalue weighted by atomic mass is 9.92. The number of sulfonamides is 1. The highest BCUT2D eigenvalue weighted by Crippen LogP contribution is 2.50. The van der Waals surface area contributed by atoms with E-state index in [1.807, 2.05) is 18.2 Å². The topological polar surface area (TPSA) is 173 Å². The number of nitrogens with one attached hydrogen (secondary N) is 3. The minimum atomic E-state index is -4.01. The van der Waals surface area contributed by atoms with Crippen molar-refractivity contribution in [3.63, 3.8) is 0 Å². The van der Waals surface area contributed by atoms with Crippen LogP contribution >= 0.6 is 0 Å². The molecule has 3 heterocycles. The van der Waals surface area contributed by atoms with E-state index in [0.717, 1.165) is 44.1 Å². The fraction of sp³-hybridized carbons (Fsp3) is 0.643. The number of carbonyl (C=O) groups is 4. The molecule has 3 N–H and O–H groups in total. The zero-order valence-corrected chi connectivity index (χ0v) is 34.4. The standard InChI is InChI=1S/C42H56FN5O8S/c1-6-7-8-9-10-12-27-22-42(27,38(51)47-57(53,54)41(5)17-18-41)46-37(50)32-21-28-19-25(24-48(32)33(49)23-44-39(52)56-40(2,3)4)20-30-29-13-11-14-31(43)35(29)45-34(26-15-16-26)36(30)55-28/h10-14,25-28,32H,6-9,15-24H2,1-5H3,(H,44,52)(H,46,50)(H,47,51)/b12-10-/t25-,27?,28?,32?,42?/m1/s1. The first kappa shape index (κ1) is 40.9. The molecule has 13 nitrogen and oxygen atoms in total. The summed E-state index contributed by atoms with van der Waals surface area (Å²) < 4.78 is 55.1. The number of pyridine rings is 1. The largest absolute Gasteiger partial charge is 0.488 e. The minimum absolute atomic E-state index is 0.0524. The smallest absolute Gasteiger partial charge is 0.408 e. The van der Waals surface area contributed by atoms with Gasteiger partial charge in [0.15, 0.2) is 0 Å². The van der Waals surface area contributed by atoms with Crippen molar-refractivity contribution in [1.82, 2.24) is 25.2 Å². The van der Waals surface area contributed by atoms with Crippen molar-refractivity contribution < 1.29 is 41.5 Å². The molecule has 2 aliphatic heterocycles. The number of hydrogen-bond donors (Lipinski definition) is 3. The van der Waals surface area contributed by atoms with Gasteiger partial charge in [0.1, 0.15) is 46.9 Å². The Morgan fingerprint density at radius 3 is 2.56 bits per heavy atom. The molecular weight excluding hydrogens is 754 g/mol. The molecule has 2 bridgehead atoms. The molecule has 3 saturated carbocycles. The Morgan fingerprint density at radius 1 is 1.12 bits per heavy atom. The second kappa shape index (κ2) is 15.5. The summed E-state index contributed by atoms with van der Waals surface area (Å²) in [5.41, 5.74) is -0.541. The maximum Gasteiger partial charge on any atom is 0.408 e. The number of rotatable bonds is 13. The van der Waals surface area contributed by atoms with Crippen LogP contribution < -0.4 is 20.1 Å². The summed E-state index contributed by atoms with van der Waals surface area (Å²) in [6, 6.07) is 3.73. The molecule has 15 heteroatoms. The van der Waals surface area contributed by atoms with E-state index in [-0.39, 0.29) is 36.7 Å². The first-order valence-electron chi connectivity index (χ1n) is 20.5. The number of ether oxygens (including phenoxy) is 2. The fourth-order valence-corrected chi connectivity index (χ4v) is 9.55. The van der Waals surface area contributed by atoms with Gasteiger partial charge in [-0.15, -0.1) is 0 Å². The van der Waals surface area contributed by atoms with Gasteiger partial charge in [0.2, 0.25) is 21.8 Å². The molecule has 0 radical (unpaired) electrons. The van der Waals surface area contributed by atoms with Crippen LogP contribution in [-0.2, 0) is 35.6 Å². The zero-order valence-electron chi connectivity index (χ0n) is 33.6. The highest BCUT2D eigenvalue weighted by molar-refractivity contribution is 7.91. The van der Waals surface area contributed by atoms with Crippen LogP contribution in [0.5, 0.6) is 5.75 Å². The highest BCUT2D eigenvalue weighted by atomic mass is 32.2. The van der Waals surface area contributed by atoms with Gasteiger partial charge in [-0.05, 0) is 97.5 Å². The van der Waals surface area contributed by atoms with E-state index < -0.39 is 80.2 Å². The van der Waals surface area contributed by atoms with E-state index in [9.17, 15) is 27.6 Å². The van der Waals surface area contributed by atoms with Crippen molar-refractivity contribution in [1.29, 1.82) is 0 Å². The molecule has 5 aliphatic rings. The third-order valence-corrected chi connectivity index (χ3v) is 14.2. The predicted octanol–water partition coefficient (Wildman–Crippen LogP) is 5.70. The first-order valence-corrected chi connectivity index (χ1v) is 22.0. The second-order valence-corrected chi connectivity index (χ2v) is 20.2. The molecule has 1 aromatic heterocycles. The number of unbranched alkanes of at least 4 members (excludes halogenated alkanes) is 3. The number of benzene rings is 1. The van der Waals surface area contributed by atoms with E-state index in [0.29, 0.717) is 42.5 Å². The SMILES string of the molecule is CCCCC/C=C\C1CC1(NC(=O)C1CC2C[C@H](Cc3c(c(C4CC4)nc4c(F)cccc34)O2)CN1C(=O)CNC(=O)OC(C)(C)C)C(=O)NS(=O)(=O)C1(C)CC1. The molecular formula is C42H56FN5O8S. The zero-order chi connectivity index (χ0) is 40.9. The van der Waals surface area contributed by atoms with Crippen LogP contribution in [0.25, 0.3) is 10.9 Å². The predicted molar refractivity (Wildman–Crippen MR) is 211 cm³/mol. The number of likely N-dealkylation sites (tertiary alicyclic amines) is 1. The second-order valence-electron chi connectivity index (χ2n) is 18.0. The number of nitrogens with zero attached hydrogens (tertiary/aromatic N) is 2. The minimum Gasteiger partial charge on any atom is -0.488 e. The first-order chi connectivity index (χ1) is 26.9. The summed E-state index contributed by atoms with van der Waals surface area (Å²) >= 11 is 0. The molecule has 57 heavy (non-hydrogen) atoms. The van der Waals surface area contributed by atoms with Gasteiger partial charge in [-0.1, -0.05) is 44.1 Å². The van der Waals surface area contributed by atoms with Gasteiger partial charge < -0.3 is 25.0 Å². The number of allylic oxidation sites excluding steroid dienone is 1. The highest BCUT2D eigenvalue weighted by Gasteiger charge is 2.63. The van der Waals surface area contributed by atoms with Crippen molar-refractivity contribution in [2.75, 3.05) is 13.1 Å². The van der Waals surface area contributed by atoms with Gasteiger partial charge in [-0.25, -0.2) is 22.6 Å². The Kier molecular flexibility index (Phi) is 11.1. The van der Waals surface area contributed by atoms with E-state index >= 15 is 4.39 Å². The van der Waals surface area contributed by atoms with Gasteiger partial charge in [0.05, 0.1) is 10.4 Å². The number of halogens is 1. The van der Waals surface area contributed by atoms with Gasteiger partial charge in [-0.3, -0.25) is 19.1 Å². The molecule has 310 valence electrons. The van der Waals surface area contributed by atoms with E-state index in [1.165, 1.54) is 11.0 Å². The Labute approximate surface area is 334 Å². The van der Waals surface area contributed by atoms with Crippen molar-refractivity contribution in [2.45, 2.75) is 146 Å². The van der Waals surface area contributed by atoms with Crippen LogP contribution in [0, 0.1) is 17.7 Å². The van der Waals surface area contributed by atoms with Crippen LogP contribution in [0.3, 0.4) is 0 Å². The maximum absolute atomic E-state index is 15.2. The van der Waals surface area contributed by atoms with Crippen LogP contribution in [0.2, 0.25) is 0 Å². The quantitative estimate of drug-likeness (QED) is 0.170. The number of fused-ring (bicyclic) bond motifs is 5. The Morgan fingerprint density at radius 2 is 1.88 bits per heavy atom. The molecule has 3 aliphatic carbocycles. The number of hydrogen-bond acceptors (Lipinski definition) is 9. The summed E-state index contributed by atoms with van der Waals surface area (Å²) in [4.78, 5) is 61.8. The van der Waals surface area contributed by atoms with Crippen molar-refractivity contribution in [2.24, 2.45) is 11.8 Å². The average Bonchev–Trinajstić information content (AvgIpc) is 4.00. The van der Waals surface area contributed by atoms with E-state index in [1.54, 1.807) is 33.8 Å². The normalized spacial score (nSPS) is 26.4. The number of aromatic nitrogens is 1. The number of para-hydroxylation sites is 1. The molecule has 1 saturated heterocycles. The number of alkyl carbamates (subject to hydrolysis) is 1. The molecule has 2 aromatic rings. The lowest BCUT2D eigenvalue weighted by Gasteiger charge is -2.33. The van der Waals surface area contributed by atoms with Crippen LogP contribution in [0.15, 0.2) is 30.4 Å². The molecule has 5 atom stereocenters. The third-order valence-electron chi connectivity index (χ3n) is 12.1. The summed E-state index contributed by atoms with van der Waals surface area (Å²) in [6.45, 7) is 8.47. The summed E-state index contributed by atoms with van der Waals surface area (Å²) in [5, 5.41) is 6.11. The number of amides is 4. The fourth-order valence-electron chi connectivity index (χ4n) is 8.24. The van der Waals surface area contributed by atoms with Crippen molar-refractivity contribution >= 4 is 44.7 Å². The van der Waals surface area contributed by atoms with Crippen LogP contribution in [-0.4, -0.2) is 83.2 Å². The van der Waals surface area contributed by atoms with Gasteiger partial charge in [-0.2, -0.15) is 0 Å².